The molecule has 2 heterocycles. The van der Waals surface area contributed by atoms with Crippen molar-refractivity contribution in [3.05, 3.63) is 59.9 Å². The minimum absolute atomic E-state index is 0.132. The molecule has 1 N–H and O–H groups in total. The zero-order chi connectivity index (χ0) is 25.2. The highest BCUT2D eigenvalue weighted by Gasteiger charge is 2.24. The Bertz CT molecular complexity index is 1310. The number of nitrogens with one attached hydrogen (secondary N) is 1. The molecule has 0 saturated carbocycles. The van der Waals surface area contributed by atoms with E-state index in [2.05, 4.69) is 25.7 Å². The molecule has 1 saturated heterocycles. The predicted octanol–water partition coefficient (Wildman–Crippen LogP) is 1.30. The molecule has 0 radical (unpaired) electrons. The van der Waals surface area contributed by atoms with Crippen LogP contribution in [0, 0.1) is 11.6 Å². The molecule has 1 aromatic heterocycles. The van der Waals surface area contributed by atoms with Gasteiger partial charge >= 0.3 is 0 Å². The van der Waals surface area contributed by atoms with E-state index < -0.39 is 21.7 Å². The van der Waals surface area contributed by atoms with Crippen LogP contribution >= 0.6 is 0 Å². The average Bonchev–Trinajstić information content (AvgIpc) is 3.33. The van der Waals surface area contributed by atoms with Crippen molar-refractivity contribution < 1.29 is 22.0 Å². The fourth-order valence-corrected chi connectivity index (χ4v) is 4.84. The standard InChI is InChI=1S/C22H25F2N7O3S/c1-15(13-29-5-7-30(8-6-29)35(2,33)34)26-22(32)17-9-16(20-4-3-18(23)12-21(20)24)10-19(11-17)31-14-25-27-28-31/h3-4,9-12,14-15H,5-8,13H2,1-2H3,(H,26,32)/t15-/m1/s1. The summed E-state index contributed by atoms with van der Waals surface area (Å²) in [4.78, 5) is 15.2. The van der Waals surface area contributed by atoms with Gasteiger partial charge in [0.05, 0.1) is 11.9 Å². The van der Waals surface area contributed by atoms with Crippen molar-refractivity contribution >= 4 is 15.9 Å². The first kappa shape index (κ1) is 24.8. The molecule has 35 heavy (non-hydrogen) atoms. The van der Waals surface area contributed by atoms with Crippen molar-refractivity contribution in [3.63, 3.8) is 0 Å². The zero-order valence-electron chi connectivity index (χ0n) is 19.2. The van der Waals surface area contributed by atoms with Gasteiger partial charge < -0.3 is 5.32 Å². The summed E-state index contributed by atoms with van der Waals surface area (Å²) in [5, 5.41) is 14.0. The van der Waals surface area contributed by atoms with Crippen molar-refractivity contribution in [2.75, 3.05) is 39.0 Å². The van der Waals surface area contributed by atoms with Gasteiger partial charge in [0.15, 0.2) is 0 Å². The number of amides is 1. The molecule has 0 spiro atoms. The molecule has 4 rings (SSSR count). The van der Waals surface area contributed by atoms with Gasteiger partial charge in [0.1, 0.15) is 18.0 Å². The molecule has 1 atom stereocenters. The molecule has 13 heteroatoms. The highest BCUT2D eigenvalue weighted by molar-refractivity contribution is 7.88. The Balaban J connectivity index is 1.51. The third-order valence-corrected chi connectivity index (χ3v) is 7.05. The third-order valence-electron chi connectivity index (χ3n) is 5.75. The van der Waals surface area contributed by atoms with Crippen molar-refractivity contribution in [1.29, 1.82) is 0 Å². The minimum atomic E-state index is -3.21. The number of tetrazole rings is 1. The van der Waals surface area contributed by atoms with Crippen LogP contribution in [0.2, 0.25) is 0 Å². The Kier molecular flexibility index (Phi) is 7.19. The van der Waals surface area contributed by atoms with Crippen LogP contribution in [0.15, 0.2) is 42.7 Å². The lowest BCUT2D eigenvalue weighted by molar-refractivity contribution is 0.0922. The van der Waals surface area contributed by atoms with Gasteiger partial charge in [-0.05, 0) is 53.2 Å². The molecule has 10 nitrogen and oxygen atoms in total. The summed E-state index contributed by atoms with van der Waals surface area (Å²) < 4.78 is 54.1. The normalized spacial score (nSPS) is 16.2. The van der Waals surface area contributed by atoms with E-state index in [9.17, 15) is 22.0 Å². The summed E-state index contributed by atoms with van der Waals surface area (Å²) in [6, 6.07) is 7.70. The number of carbonyl (C=O) groups is 1. The Hall–Kier alpha value is -3.29. The second-order valence-corrected chi connectivity index (χ2v) is 10.5. The molecule has 1 aliphatic rings. The van der Waals surface area contributed by atoms with Crippen LogP contribution in [-0.4, -0.2) is 88.8 Å². The fourth-order valence-electron chi connectivity index (χ4n) is 4.02. The van der Waals surface area contributed by atoms with Gasteiger partial charge in [-0.2, -0.15) is 4.31 Å². The highest BCUT2D eigenvalue weighted by atomic mass is 32.2. The first-order valence-corrected chi connectivity index (χ1v) is 12.8. The van der Waals surface area contributed by atoms with Crippen molar-refractivity contribution in [3.8, 4) is 16.8 Å². The lowest BCUT2D eigenvalue weighted by Crippen LogP contribution is -2.51. The van der Waals surface area contributed by atoms with Crippen molar-refractivity contribution in [1.82, 2.24) is 34.7 Å². The smallest absolute Gasteiger partial charge is 0.251 e. The van der Waals surface area contributed by atoms with Crippen LogP contribution in [0.5, 0.6) is 0 Å². The van der Waals surface area contributed by atoms with Crippen LogP contribution in [0.3, 0.4) is 0 Å². The van der Waals surface area contributed by atoms with Crippen LogP contribution in [0.1, 0.15) is 17.3 Å². The summed E-state index contributed by atoms with van der Waals surface area (Å²) in [5.74, 6) is -1.84. The van der Waals surface area contributed by atoms with Crippen molar-refractivity contribution in [2.45, 2.75) is 13.0 Å². The molecular formula is C22H25F2N7O3S. The van der Waals surface area contributed by atoms with Crippen LogP contribution in [-0.2, 0) is 10.0 Å². The van der Waals surface area contributed by atoms with E-state index in [0.717, 1.165) is 12.1 Å². The van der Waals surface area contributed by atoms with E-state index in [0.29, 0.717) is 44.0 Å². The molecule has 2 aromatic carbocycles. The number of halogens is 2. The maximum Gasteiger partial charge on any atom is 0.251 e. The lowest BCUT2D eigenvalue weighted by atomic mass is 10.0. The van der Waals surface area contributed by atoms with E-state index >= 15 is 0 Å². The van der Waals surface area contributed by atoms with E-state index in [1.54, 1.807) is 12.1 Å². The number of hydrogen-bond donors (Lipinski definition) is 1. The summed E-state index contributed by atoms with van der Waals surface area (Å²) in [6.07, 6.45) is 2.54. The Morgan fingerprint density at radius 3 is 2.49 bits per heavy atom. The summed E-state index contributed by atoms with van der Waals surface area (Å²) in [6.45, 7) is 4.33. The number of benzene rings is 2. The number of hydrogen-bond acceptors (Lipinski definition) is 7. The Morgan fingerprint density at radius 1 is 1.11 bits per heavy atom. The van der Waals surface area contributed by atoms with Crippen molar-refractivity contribution in [2.24, 2.45) is 0 Å². The number of aromatic nitrogens is 4. The van der Waals surface area contributed by atoms with Gasteiger partial charge in [-0.15, -0.1) is 5.10 Å². The molecule has 0 unspecified atom stereocenters. The molecule has 186 valence electrons. The van der Waals surface area contributed by atoms with E-state index in [4.69, 9.17) is 0 Å². The monoisotopic (exact) mass is 505 g/mol. The number of nitrogens with zero attached hydrogens (tertiary/aromatic N) is 6. The molecule has 1 amide bonds. The van der Waals surface area contributed by atoms with E-state index in [-0.39, 0.29) is 23.1 Å². The topological polar surface area (TPSA) is 113 Å². The fraction of sp³-hybridized carbons (Fsp3) is 0.364. The maximum absolute atomic E-state index is 14.5. The van der Waals surface area contributed by atoms with Crippen LogP contribution in [0.25, 0.3) is 16.8 Å². The lowest BCUT2D eigenvalue weighted by Gasteiger charge is -2.34. The first-order chi connectivity index (χ1) is 16.6. The van der Waals surface area contributed by atoms with Gasteiger partial charge in [-0.3, -0.25) is 9.69 Å². The number of piperazine rings is 1. The SMILES string of the molecule is C[C@H](CN1CCN(S(C)(=O)=O)CC1)NC(=O)c1cc(-c2ccc(F)cc2F)cc(-n2cnnn2)c1. The number of sulfonamides is 1. The third kappa shape index (κ3) is 6.05. The Morgan fingerprint density at radius 2 is 1.86 bits per heavy atom. The maximum atomic E-state index is 14.5. The summed E-state index contributed by atoms with van der Waals surface area (Å²) in [5.41, 5.74) is 1.19. The van der Waals surface area contributed by atoms with Crippen LogP contribution < -0.4 is 5.32 Å². The molecule has 1 fully saturated rings. The highest BCUT2D eigenvalue weighted by Crippen LogP contribution is 2.27. The van der Waals surface area contributed by atoms with E-state index in [1.165, 1.54) is 33.7 Å². The number of rotatable bonds is 7. The molecule has 3 aromatic rings. The first-order valence-electron chi connectivity index (χ1n) is 10.9. The second-order valence-electron chi connectivity index (χ2n) is 8.48. The average molecular weight is 506 g/mol. The van der Waals surface area contributed by atoms with Gasteiger partial charge in [0.2, 0.25) is 10.0 Å². The molecule has 0 bridgehead atoms. The number of carbonyl (C=O) groups excluding carboxylic acids is 1. The minimum Gasteiger partial charge on any atom is -0.348 e. The van der Waals surface area contributed by atoms with Gasteiger partial charge in [0.25, 0.3) is 5.91 Å². The zero-order valence-corrected chi connectivity index (χ0v) is 20.0. The quantitative estimate of drug-likeness (QED) is 0.515. The second kappa shape index (κ2) is 10.1. The van der Waals surface area contributed by atoms with E-state index in [1.807, 2.05) is 6.92 Å². The largest absolute Gasteiger partial charge is 0.348 e. The summed E-state index contributed by atoms with van der Waals surface area (Å²) in [7, 11) is -3.21. The van der Waals surface area contributed by atoms with Gasteiger partial charge in [-0.25, -0.2) is 21.9 Å². The molecule has 0 aliphatic carbocycles. The molecular weight excluding hydrogens is 480 g/mol. The Labute approximate surface area is 201 Å². The summed E-state index contributed by atoms with van der Waals surface area (Å²) >= 11 is 0. The predicted molar refractivity (Wildman–Crippen MR) is 124 cm³/mol. The molecule has 1 aliphatic heterocycles. The van der Waals surface area contributed by atoms with Gasteiger partial charge in [-0.1, -0.05) is 0 Å². The van der Waals surface area contributed by atoms with Crippen LogP contribution in [0.4, 0.5) is 8.78 Å². The van der Waals surface area contributed by atoms with Gasteiger partial charge in [0, 0.05) is 56.0 Å².